The van der Waals surface area contributed by atoms with Crippen molar-refractivity contribution >= 4 is 5.69 Å². The van der Waals surface area contributed by atoms with Crippen LogP contribution in [0.5, 0.6) is 0 Å². The minimum Gasteiger partial charge on any atom is -0.393 e. The van der Waals surface area contributed by atoms with Crippen molar-refractivity contribution in [1.82, 2.24) is 9.36 Å². The smallest absolute Gasteiger partial charge is 0.290 e. The number of anilines is 1. The van der Waals surface area contributed by atoms with E-state index in [9.17, 15) is 4.79 Å². The van der Waals surface area contributed by atoms with E-state index in [1.165, 1.54) is 19.3 Å². The van der Waals surface area contributed by atoms with Crippen molar-refractivity contribution in [2.24, 2.45) is 7.05 Å². The Kier molecular flexibility index (Phi) is 3.60. The topological polar surface area (TPSA) is 53.0 Å². The van der Waals surface area contributed by atoms with E-state index < -0.39 is 0 Å². The number of aromatic nitrogens is 2. The van der Waals surface area contributed by atoms with Gasteiger partial charge in [0.15, 0.2) is 0 Å². The van der Waals surface area contributed by atoms with Crippen molar-refractivity contribution in [1.29, 1.82) is 0 Å². The molecule has 1 aliphatic carbocycles. The summed E-state index contributed by atoms with van der Waals surface area (Å²) in [7, 11) is 1.97. The molecule has 2 N–H and O–H groups in total. The van der Waals surface area contributed by atoms with E-state index in [2.05, 4.69) is 6.92 Å². The Bertz CT molecular complexity index is 438. The van der Waals surface area contributed by atoms with Gasteiger partial charge in [0.05, 0.1) is 11.7 Å². The van der Waals surface area contributed by atoms with Gasteiger partial charge in [-0.2, -0.15) is 0 Å². The average molecular weight is 237 g/mol. The van der Waals surface area contributed by atoms with Crippen molar-refractivity contribution in [3.05, 3.63) is 16.0 Å². The highest BCUT2D eigenvalue weighted by Crippen LogP contribution is 2.28. The second-order valence-electron chi connectivity index (χ2n) is 5.08. The Morgan fingerprint density at radius 1 is 1.29 bits per heavy atom. The molecule has 0 atom stereocenters. The summed E-state index contributed by atoms with van der Waals surface area (Å²) in [4.78, 5) is 12.2. The Morgan fingerprint density at radius 2 is 1.94 bits per heavy atom. The van der Waals surface area contributed by atoms with Crippen molar-refractivity contribution in [2.75, 3.05) is 5.73 Å². The van der Waals surface area contributed by atoms with Gasteiger partial charge < -0.3 is 5.73 Å². The zero-order chi connectivity index (χ0) is 12.4. The maximum absolute atomic E-state index is 12.2. The summed E-state index contributed by atoms with van der Waals surface area (Å²) >= 11 is 0. The van der Waals surface area contributed by atoms with Crippen molar-refractivity contribution in [3.8, 4) is 0 Å². The van der Waals surface area contributed by atoms with E-state index in [-0.39, 0.29) is 5.56 Å². The summed E-state index contributed by atoms with van der Waals surface area (Å²) in [5.41, 5.74) is 7.42. The molecule has 1 aliphatic rings. The van der Waals surface area contributed by atoms with Crippen LogP contribution in [0.2, 0.25) is 0 Å². The molecule has 1 aromatic rings. The van der Waals surface area contributed by atoms with Gasteiger partial charge in [-0.15, -0.1) is 0 Å². The first-order valence-electron chi connectivity index (χ1n) is 6.72. The highest BCUT2D eigenvalue weighted by Gasteiger charge is 2.22. The standard InChI is InChI=1S/C13H23N3O/c1-3-7-11-12(14)13(17)16(15(11)2)10-8-5-4-6-9-10/h10H,3-9,14H2,1-2H3. The van der Waals surface area contributed by atoms with Gasteiger partial charge in [0.2, 0.25) is 0 Å². The predicted octanol–water partition coefficient (Wildman–Crippen LogP) is 2.23. The second-order valence-corrected chi connectivity index (χ2v) is 5.08. The van der Waals surface area contributed by atoms with Gasteiger partial charge in [-0.25, -0.2) is 4.68 Å². The van der Waals surface area contributed by atoms with Crippen LogP contribution in [-0.4, -0.2) is 9.36 Å². The lowest BCUT2D eigenvalue weighted by molar-refractivity contribution is 0.291. The van der Waals surface area contributed by atoms with Gasteiger partial charge in [-0.05, 0) is 19.3 Å². The van der Waals surface area contributed by atoms with Crippen molar-refractivity contribution in [2.45, 2.75) is 57.9 Å². The quantitative estimate of drug-likeness (QED) is 0.876. The molecule has 1 heterocycles. The molecule has 96 valence electrons. The van der Waals surface area contributed by atoms with Crippen LogP contribution in [0.1, 0.15) is 57.2 Å². The molecule has 0 aromatic carbocycles. The lowest BCUT2D eigenvalue weighted by atomic mass is 9.96. The maximum Gasteiger partial charge on any atom is 0.290 e. The summed E-state index contributed by atoms with van der Waals surface area (Å²) in [6, 6.07) is 0.356. The Morgan fingerprint density at radius 3 is 2.53 bits per heavy atom. The first-order valence-corrected chi connectivity index (χ1v) is 6.72. The molecule has 1 aromatic heterocycles. The fourth-order valence-corrected chi connectivity index (χ4v) is 2.96. The third-order valence-electron chi connectivity index (χ3n) is 3.87. The van der Waals surface area contributed by atoms with Gasteiger partial charge in [0.1, 0.15) is 5.69 Å². The largest absolute Gasteiger partial charge is 0.393 e. The molecule has 0 bridgehead atoms. The van der Waals surface area contributed by atoms with Crippen LogP contribution in [0.3, 0.4) is 0 Å². The maximum atomic E-state index is 12.2. The van der Waals surface area contributed by atoms with E-state index in [4.69, 9.17) is 5.73 Å². The second kappa shape index (κ2) is 4.98. The number of rotatable bonds is 3. The summed E-state index contributed by atoms with van der Waals surface area (Å²) in [5, 5.41) is 0. The van der Waals surface area contributed by atoms with Crippen LogP contribution in [0.15, 0.2) is 4.79 Å². The molecular formula is C13H23N3O. The van der Waals surface area contributed by atoms with Gasteiger partial charge in [0.25, 0.3) is 5.56 Å². The van der Waals surface area contributed by atoms with Crippen LogP contribution in [0, 0.1) is 0 Å². The Balaban J connectivity index is 2.39. The Labute approximate surface area is 102 Å². The van der Waals surface area contributed by atoms with Crippen molar-refractivity contribution in [3.63, 3.8) is 0 Å². The predicted molar refractivity (Wildman–Crippen MR) is 70.2 cm³/mol. The van der Waals surface area contributed by atoms with E-state index in [1.807, 2.05) is 16.4 Å². The van der Waals surface area contributed by atoms with Crippen LogP contribution in [-0.2, 0) is 13.5 Å². The average Bonchev–Trinajstić information content (AvgIpc) is 2.55. The third-order valence-corrected chi connectivity index (χ3v) is 3.87. The minimum atomic E-state index is 0.0165. The van der Waals surface area contributed by atoms with Crippen molar-refractivity contribution < 1.29 is 0 Å². The number of hydrogen-bond donors (Lipinski definition) is 1. The molecule has 4 nitrogen and oxygen atoms in total. The van der Waals surface area contributed by atoms with Gasteiger partial charge in [-0.3, -0.25) is 9.48 Å². The molecule has 2 rings (SSSR count). The molecule has 0 unspecified atom stereocenters. The molecule has 0 amide bonds. The SMILES string of the molecule is CCCc1c(N)c(=O)n(C2CCCCC2)n1C. The van der Waals surface area contributed by atoms with E-state index in [0.29, 0.717) is 11.7 Å². The molecule has 0 aliphatic heterocycles. The molecule has 1 fully saturated rings. The summed E-state index contributed by atoms with van der Waals surface area (Å²) in [6.45, 7) is 2.11. The normalized spacial score (nSPS) is 17.5. The molecule has 17 heavy (non-hydrogen) atoms. The lowest BCUT2D eigenvalue weighted by Crippen LogP contribution is -2.28. The van der Waals surface area contributed by atoms with E-state index in [0.717, 1.165) is 31.4 Å². The third kappa shape index (κ3) is 2.13. The minimum absolute atomic E-state index is 0.0165. The van der Waals surface area contributed by atoms with E-state index >= 15 is 0 Å². The summed E-state index contributed by atoms with van der Waals surface area (Å²) < 4.78 is 3.89. The monoisotopic (exact) mass is 237 g/mol. The zero-order valence-electron chi connectivity index (χ0n) is 10.9. The van der Waals surface area contributed by atoms with Crippen LogP contribution in [0.25, 0.3) is 0 Å². The lowest BCUT2D eigenvalue weighted by Gasteiger charge is -2.24. The van der Waals surface area contributed by atoms with Gasteiger partial charge >= 0.3 is 0 Å². The molecule has 0 radical (unpaired) electrons. The Hall–Kier alpha value is -1.19. The molecule has 4 heteroatoms. The zero-order valence-corrected chi connectivity index (χ0v) is 10.9. The fraction of sp³-hybridized carbons (Fsp3) is 0.769. The summed E-state index contributed by atoms with van der Waals surface area (Å²) in [6.07, 6.45) is 7.89. The van der Waals surface area contributed by atoms with Gasteiger partial charge in [0, 0.05) is 7.05 Å². The number of nitrogen functional groups attached to an aromatic ring is 1. The van der Waals surface area contributed by atoms with Crippen LogP contribution < -0.4 is 11.3 Å². The summed E-state index contributed by atoms with van der Waals surface area (Å²) in [5.74, 6) is 0. The molecular weight excluding hydrogens is 214 g/mol. The first kappa shape index (κ1) is 12.3. The highest BCUT2D eigenvalue weighted by atomic mass is 16.1. The number of nitrogens with zero attached hydrogens (tertiary/aromatic N) is 2. The molecule has 0 saturated heterocycles. The number of nitrogens with two attached hydrogens (primary N) is 1. The van der Waals surface area contributed by atoms with Crippen LogP contribution in [0.4, 0.5) is 5.69 Å². The van der Waals surface area contributed by atoms with Crippen LogP contribution >= 0.6 is 0 Å². The molecule has 0 spiro atoms. The molecule has 1 saturated carbocycles. The highest BCUT2D eigenvalue weighted by molar-refractivity contribution is 5.41. The van der Waals surface area contributed by atoms with E-state index in [1.54, 1.807) is 0 Å². The fourth-order valence-electron chi connectivity index (χ4n) is 2.96. The van der Waals surface area contributed by atoms with Gasteiger partial charge in [-0.1, -0.05) is 32.6 Å². The first-order chi connectivity index (χ1) is 8.16. The number of hydrogen-bond acceptors (Lipinski definition) is 2.